The molecule has 1 rings (SSSR count). The van der Waals surface area contributed by atoms with Gasteiger partial charge in [-0.2, -0.15) is 0 Å². The van der Waals surface area contributed by atoms with Crippen LogP contribution in [-0.2, 0) is 0 Å². The van der Waals surface area contributed by atoms with E-state index in [2.05, 4.69) is 48.4 Å². The van der Waals surface area contributed by atoms with Crippen LogP contribution in [-0.4, -0.2) is 19.6 Å². The van der Waals surface area contributed by atoms with Crippen LogP contribution >= 0.6 is 24.0 Å². The number of benzene rings is 1. The molecular weight excluding hydrogens is 325 g/mol. The molecule has 0 aliphatic heterocycles. The summed E-state index contributed by atoms with van der Waals surface area (Å²) in [4.78, 5) is 3.90. The number of hydrogen-bond donors (Lipinski definition) is 2. The summed E-state index contributed by atoms with van der Waals surface area (Å²) in [6, 6.07) is 10.5. The highest BCUT2D eigenvalue weighted by atomic mass is 127. The van der Waals surface area contributed by atoms with Crippen molar-refractivity contribution in [3.05, 3.63) is 35.9 Å². The minimum Gasteiger partial charge on any atom is -0.370 e. The molecule has 17 heavy (non-hydrogen) atoms. The summed E-state index contributed by atoms with van der Waals surface area (Å²) in [5.74, 6) is 1.53. The SMILES string of the molecule is CN=C(N)NCC(c1ccccc1)C(C)C.I. The first-order valence-corrected chi connectivity index (χ1v) is 5.66. The minimum absolute atomic E-state index is 0. The maximum absolute atomic E-state index is 5.64. The van der Waals surface area contributed by atoms with E-state index in [0.29, 0.717) is 17.8 Å². The molecule has 1 aromatic rings. The molecule has 0 bridgehead atoms. The lowest BCUT2D eigenvalue weighted by Gasteiger charge is -2.22. The Morgan fingerprint density at radius 3 is 2.35 bits per heavy atom. The molecule has 0 saturated heterocycles. The van der Waals surface area contributed by atoms with Gasteiger partial charge in [-0.05, 0) is 11.5 Å². The van der Waals surface area contributed by atoms with E-state index < -0.39 is 0 Å². The summed E-state index contributed by atoms with van der Waals surface area (Å²) in [6.07, 6.45) is 0. The lowest BCUT2D eigenvalue weighted by molar-refractivity contribution is 0.490. The number of nitrogens with two attached hydrogens (primary N) is 1. The van der Waals surface area contributed by atoms with Crippen molar-refractivity contribution in [2.45, 2.75) is 19.8 Å². The predicted octanol–water partition coefficient (Wildman–Crippen LogP) is 2.58. The topological polar surface area (TPSA) is 50.4 Å². The molecule has 1 aromatic carbocycles. The Morgan fingerprint density at radius 1 is 1.29 bits per heavy atom. The van der Waals surface area contributed by atoms with Crippen LogP contribution in [0.1, 0.15) is 25.3 Å². The van der Waals surface area contributed by atoms with Gasteiger partial charge < -0.3 is 11.1 Å². The number of rotatable bonds is 4. The van der Waals surface area contributed by atoms with Gasteiger partial charge in [0.25, 0.3) is 0 Å². The Hall–Kier alpha value is -0.780. The molecule has 0 fully saturated rings. The summed E-state index contributed by atoms with van der Waals surface area (Å²) in [6.45, 7) is 5.27. The zero-order valence-electron chi connectivity index (χ0n) is 10.7. The Kier molecular flexibility index (Phi) is 7.95. The highest BCUT2D eigenvalue weighted by Gasteiger charge is 2.15. The Bertz CT molecular complexity index is 336. The Balaban J connectivity index is 0.00000256. The van der Waals surface area contributed by atoms with Crippen LogP contribution in [0.3, 0.4) is 0 Å². The monoisotopic (exact) mass is 347 g/mol. The first kappa shape index (κ1) is 16.2. The second-order valence-electron chi connectivity index (χ2n) is 4.25. The second-order valence-corrected chi connectivity index (χ2v) is 4.25. The van der Waals surface area contributed by atoms with Gasteiger partial charge in [-0.3, -0.25) is 4.99 Å². The quantitative estimate of drug-likeness (QED) is 0.500. The number of nitrogens with one attached hydrogen (secondary N) is 1. The van der Waals surface area contributed by atoms with Crippen molar-refractivity contribution in [2.75, 3.05) is 13.6 Å². The smallest absolute Gasteiger partial charge is 0.188 e. The van der Waals surface area contributed by atoms with Gasteiger partial charge in [0.15, 0.2) is 5.96 Å². The third-order valence-electron chi connectivity index (χ3n) is 2.78. The van der Waals surface area contributed by atoms with Gasteiger partial charge in [0.05, 0.1) is 0 Å². The van der Waals surface area contributed by atoms with Gasteiger partial charge in [0.2, 0.25) is 0 Å². The van der Waals surface area contributed by atoms with Crippen molar-refractivity contribution >= 4 is 29.9 Å². The molecule has 0 aliphatic carbocycles. The molecule has 0 aliphatic rings. The zero-order chi connectivity index (χ0) is 12.0. The fraction of sp³-hybridized carbons (Fsp3) is 0.462. The maximum atomic E-state index is 5.64. The van der Waals surface area contributed by atoms with Crippen molar-refractivity contribution in [3.63, 3.8) is 0 Å². The number of aliphatic imine (C=N–C) groups is 1. The molecule has 0 heterocycles. The lowest BCUT2D eigenvalue weighted by atomic mass is 9.88. The van der Waals surface area contributed by atoms with Crippen LogP contribution in [0.2, 0.25) is 0 Å². The van der Waals surface area contributed by atoms with Crippen molar-refractivity contribution in [1.82, 2.24) is 5.32 Å². The molecule has 3 nitrogen and oxygen atoms in total. The first-order valence-electron chi connectivity index (χ1n) is 5.66. The van der Waals surface area contributed by atoms with Crippen LogP contribution in [0.25, 0.3) is 0 Å². The Labute approximate surface area is 121 Å². The normalized spacial score (nSPS) is 13.1. The molecular formula is C13H22IN3. The van der Waals surface area contributed by atoms with Crippen molar-refractivity contribution < 1.29 is 0 Å². The van der Waals surface area contributed by atoms with E-state index in [1.54, 1.807) is 7.05 Å². The van der Waals surface area contributed by atoms with Gasteiger partial charge >= 0.3 is 0 Å². The fourth-order valence-corrected chi connectivity index (χ4v) is 1.73. The summed E-state index contributed by atoms with van der Waals surface area (Å²) in [5.41, 5.74) is 6.98. The fourth-order valence-electron chi connectivity index (χ4n) is 1.73. The summed E-state index contributed by atoms with van der Waals surface area (Å²) < 4.78 is 0. The van der Waals surface area contributed by atoms with Crippen LogP contribution in [0, 0.1) is 5.92 Å². The van der Waals surface area contributed by atoms with E-state index in [4.69, 9.17) is 5.73 Å². The standard InChI is InChI=1S/C13H21N3.HI/c1-10(2)12(9-16-13(14)15-3)11-7-5-4-6-8-11;/h4-8,10,12H,9H2,1-3H3,(H3,14,15,16);1H. The number of guanidine groups is 1. The molecule has 0 saturated carbocycles. The number of halogens is 1. The van der Waals surface area contributed by atoms with Gasteiger partial charge in [-0.15, -0.1) is 24.0 Å². The lowest BCUT2D eigenvalue weighted by Crippen LogP contribution is -2.35. The molecule has 0 spiro atoms. The van der Waals surface area contributed by atoms with Gasteiger partial charge in [0.1, 0.15) is 0 Å². The molecule has 4 heteroatoms. The molecule has 96 valence electrons. The maximum Gasteiger partial charge on any atom is 0.188 e. The summed E-state index contributed by atoms with van der Waals surface area (Å²) >= 11 is 0. The number of hydrogen-bond acceptors (Lipinski definition) is 1. The van der Waals surface area contributed by atoms with E-state index in [1.807, 2.05) is 6.07 Å². The van der Waals surface area contributed by atoms with Crippen molar-refractivity contribution in [3.8, 4) is 0 Å². The summed E-state index contributed by atoms with van der Waals surface area (Å²) in [5, 5.41) is 3.14. The van der Waals surface area contributed by atoms with Crippen LogP contribution in [0.4, 0.5) is 0 Å². The highest BCUT2D eigenvalue weighted by molar-refractivity contribution is 14.0. The molecule has 1 unspecified atom stereocenters. The average molecular weight is 347 g/mol. The van der Waals surface area contributed by atoms with E-state index in [0.717, 1.165) is 6.54 Å². The predicted molar refractivity (Wildman–Crippen MR) is 85.0 cm³/mol. The van der Waals surface area contributed by atoms with Crippen molar-refractivity contribution in [1.29, 1.82) is 0 Å². The van der Waals surface area contributed by atoms with Crippen molar-refractivity contribution in [2.24, 2.45) is 16.6 Å². The third-order valence-corrected chi connectivity index (χ3v) is 2.78. The third kappa shape index (κ3) is 5.39. The second kappa shape index (κ2) is 8.33. The van der Waals surface area contributed by atoms with E-state index in [9.17, 15) is 0 Å². The molecule has 0 aromatic heterocycles. The first-order chi connectivity index (χ1) is 7.65. The van der Waals surface area contributed by atoms with Crippen LogP contribution in [0.15, 0.2) is 35.3 Å². The largest absolute Gasteiger partial charge is 0.370 e. The van der Waals surface area contributed by atoms with Gasteiger partial charge in [0, 0.05) is 19.5 Å². The molecule has 0 amide bonds. The average Bonchev–Trinajstić information content (AvgIpc) is 2.30. The molecule has 0 radical (unpaired) electrons. The van der Waals surface area contributed by atoms with E-state index in [-0.39, 0.29) is 24.0 Å². The Morgan fingerprint density at radius 2 is 1.88 bits per heavy atom. The minimum atomic E-state index is 0. The summed E-state index contributed by atoms with van der Waals surface area (Å²) in [7, 11) is 1.69. The highest BCUT2D eigenvalue weighted by Crippen LogP contribution is 2.23. The molecule has 1 atom stereocenters. The molecule has 3 N–H and O–H groups in total. The van der Waals surface area contributed by atoms with Crippen LogP contribution < -0.4 is 11.1 Å². The van der Waals surface area contributed by atoms with Crippen LogP contribution in [0.5, 0.6) is 0 Å². The van der Waals surface area contributed by atoms with E-state index in [1.165, 1.54) is 5.56 Å². The van der Waals surface area contributed by atoms with Gasteiger partial charge in [-0.25, -0.2) is 0 Å². The van der Waals surface area contributed by atoms with Gasteiger partial charge in [-0.1, -0.05) is 44.2 Å². The zero-order valence-corrected chi connectivity index (χ0v) is 13.0. The van der Waals surface area contributed by atoms with E-state index >= 15 is 0 Å². The number of nitrogens with zero attached hydrogens (tertiary/aromatic N) is 1.